The van der Waals surface area contributed by atoms with Gasteiger partial charge in [-0.3, -0.25) is 0 Å². The van der Waals surface area contributed by atoms with E-state index in [1.165, 1.54) is 5.56 Å². The second-order valence-electron chi connectivity index (χ2n) is 4.00. The monoisotopic (exact) mass is 234 g/mol. The van der Waals surface area contributed by atoms with Crippen LogP contribution in [0.3, 0.4) is 0 Å². The molecule has 0 spiro atoms. The third-order valence-electron chi connectivity index (χ3n) is 1.89. The first kappa shape index (κ1) is 11.3. The van der Waals surface area contributed by atoms with Crippen molar-refractivity contribution in [3.63, 3.8) is 0 Å². The Morgan fingerprint density at radius 1 is 1.08 bits per heavy atom. The normalized spacial score (nSPS) is 12.2. The standard InChI is InChI=1S/C10H13Cl2P/c1-10(2,3)8-6-4-5-7-9(8)13(11)12/h4-7H,1-3H3. The van der Waals surface area contributed by atoms with E-state index in [-0.39, 0.29) is 5.41 Å². The topological polar surface area (TPSA) is 0 Å². The van der Waals surface area contributed by atoms with Crippen LogP contribution in [0, 0.1) is 0 Å². The molecule has 0 atom stereocenters. The van der Waals surface area contributed by atoms with Gasteiger partial charge in [0, 0.05) is 5.30 Å². The molecule has 72 valence electrons. The first-order valence-corrected chi connectivity index (χ1v) is 7.29. The molecule has 0 unspecified atom stereocenters. The van der Waals surface area contributed by atoms with Gasteiger partial charge in [-0.05, 0) is 11.0 Å². The maximum Gasteiger partial charge on any atom is 0.117 e. The van der Waals surface area contributed by atoms with Crippen LogP contribution in [0.5, 0.6) is 0 Å². The lowest BCUT2D eigenvalue weighted by Gasteiger charge is -2.22. The highest BCUT2D eigenvalue weighted by Gasteiger charge is 2.20. The van der Waals surface area contributed by atoms with Gasteiger partial charge >= 0.3 is 0 Å². The van der Waals surface area contributed by atoms with Crippen molar-refractivity contribution in [2.45, 2.75) is 26.2 Å². The molecule has 1 aromatic carbocycles. The van der Waals surface area contributed by atoms with Crippen LogP contribution in [0.4, 0.5) is 0 Å². The van der Waals surface area contributed by atoms with Gasteiger partial charge in [-0.15, -0.1) is 0 Å². The first-order valence-electron chi connectivity index (χ1n) is 4.14. The lowest BCUT2D eigenvalue weighted by atomic mass is 9.87. The van der Waals surface area contributed by atoms with Gasteiger partial charge in [-0.1, -0.05) is 67.5 Å². The third kappa shape index (κ3) is 2.84. The summed E-state index contributed by atoms with van der Waals surface area (Å²) < 4.78 is 0. The molecular weight excluding hydrogens is 222 g/mol. The number of halogens is 2. The van der Waals surface area contributed by atoms with E-state index in [0.29, 0.717) is 0 Å². The third-order valence-corrected chi connectivity index (χ3v) is 3.74. The zero-order chi connectivity index (χ0) is 10.1. The van der Waals surface area contributed by atoms with Gasteiger partial charge in [0.2, 0.25) is 0 Å². The van der Waals surface area contributed by atoms with Crippen molar-refractivity contribution < 1.29 is 0 Å². The van der Waals surface area contributed by atoms with Gasteiger partial charge in [0.25, 0.3) is 0 Å². The van der Waals surface area contributed by atoms with E-state index in [2.05, 4.69) is 26.8 Å². The molecule has 0 N–H and O–H groups in total. The van der Waals surface area contributed by atoms with Crippen LogP contribution in [0.1, 0.15) is 26.3 Å². The number of hydrogen-bond donors (Lipinski definition) is 0. The summed E-state index contributed by atoms with van der Waals surface area (Å²) in [7, 11) is 0. The SMILES string of the molecule is CC(C)(C)c1ccccc1P(Cl)Cl. The molecule has 3 heteroatoms. The summed E-state index contributed by atoms with van der Waals surface area (Å²) in [6, 6.07) is 8.10. The summed E-state index contributed by atoms with van der Waals surface area (Å²) in [5.41, 5.74) is 1.35. The Morgan fingerprint density at radius 2 is 1.62 bits per heavy atom. The molecule has 0 bridgehead atoms. The Kier molecular flexibility index (Phi) is 3.63. The smallest absolute Gasteiger partial charge is 0.0727 e. The average molecular weight is 235 g/mol. The van der Waals surface area contributed by atoms with Crippen molar-refractivity contribution in [2.75, 3.05) is 0 Å². The molecular formula is C10H13Cl2P. The largest absolute Gasteiger partial charge is 0.117 e. The molecule has 0 nitrogen and oxygen atoms in total. The van der Waals surface area contributed by atoms with Crippen LogP contribution >= 0.6 is 29.1 Å². The van der Waals surface area contributed by atoms with Crippen molar-refractivity contribution >= 4 is 34.4 Å². The summed E-state index contributed by atoms with van der Waals surface area (Å²) in [5.74, 6) is 0. The number of hydrogen-bond acceptors (Lipinski definition) is 0. The predicted molar refractivity (Wildman–Crippen MR) is 63.4 cm³/mol. The van der Waals surface area contributed by atoms with Crippen molar-refractivity contribution in [1.29, 1.82) is 0 Å². The highest BCUT2D eigenvalue weighted by Crippen LogP contribution is 2.47. The minimum Gasteiger partial charge on any atom is -0.0727 e. The molecule has 13 heavy (non-hydrogen) atoms. The molecule has 0 amide bonds. The molecule has 0 saturated carbocycles. The number of benzene rings is 1. The van der Waals surface area contributed by atoms with E-state index in [9.17, 15) is 0 Å². The highest BCUT2D eigenvalue weighted by molar-refractivity contribution is 8.08. The van der Waals surface area contributed by atoms with Crippen LogP contribution in [0.15, 0.2) is 24.3 Å². The highest BCUT2D eigenvalue weighted by atomic mass is 35.9. The molecule has 0 aromatic heterocycles. The van der Waals surface area contributed by atoms with Crippen molar-refractivity contribution in [3.8, 4) is 0 Å². The van der Waals surface area contributed by atoms with E-state index in [4.69, 9.17) is 22.5 Å². The second kappa shape index (κ2) is 4.17. The first-order chi connectivity index (χ1) is 5.93. The molecule has 0 aliphatic carbocycles. The lowest BCUT2D eigenvalue weighted by molar-refractivity contribution is 0.594. The molecule has 0 radical (unpaired) electrons. The Bertz CT molecular complexity index is 289. The molecule has 0 heterocycles. The molecule has 1 aromatic rings. The maximum atomic E-state index is 5.94. The quantitative estimate of drug-likeness (QED) is 0.633. The van der Waals surface area contributed by atoms with Crippen LogP contribution in [0.2, 0.25) is 0 Å². The van der Waals surface area contributed by atoms with Crippen molar-refractivity contribution in [1.82, 2.24) is 0 Å². The van der Waals surface area contributed by atoms with Crippen LogP contribution in [-0.4, -0.2) is 0 Å². The summed E-state index contributed by atoms with van der Waals surface area (Å²) in [6.45, 7) is 5.46. The maximum absolute atomic E-state index is 5.94. The van der Waals surface area contributed by atoms with Gasteiger partial charge in [0.05, 0.1) is 0 Å². The zero-order valence-electron chi connectivity index (χ0n) is 8.01. The Labute approximate surface area is 90.6 Å². The molecule has 0 aliphatic rings. The van der Waals surface area contributed by atoms with Gasteiger partial charge in [0.1, 0.15) is 6.63 Å². The average Bonchev–Trinajstić information content (AvgIpc) is 2.03. The van der Waals surface area contributed by atoms with E-state index in [0.717, 1.165) is 5.30 Å². The summed E-state index contributed by atoms with van der Waals surface area (Å²) in [5, 5.41) is 1.08. The Morgan fingerprint density at radius 3 is 2.00 bits per heavy atom. The van der Waals surface area contributed by atoms with E-state index in [1.807, 2.05) is 18.2 Å². The summed E-state index contributed by atoms with van der Waals surface area (Å²) >= 11 is 11.9. The fourth-order valence-corrected chi connectivity index (χ4v) is 2.93. The minimum atomic E-state index is -1.04. The predicted octanol–water partition coefficient (Wildman–Crippen LogP) is 4.40. The van der Waals surface area contributed by atoms with E-state index in [1.54, 1.807) is 0 Å². The van der Waals surface area contributed by atoms with Gasteiger partial charge < -0.3 is 0 Å². The fraction of sp³-hybridized carbons (Fsp3) is 0.400. The van der Waals surface area contributed by atoms with Crippen LogP contribution in [0.25, 0.3) is 0 Å². The van der Waals surface area contributed by atoms with Gasteiger partial charge in [-0.25, -0.2) is 0 Å². The van der Waals surface area contributed by atoms with Crippen molar-refractivity contribution in [3.05, 3.63) is 29.8 Å². The molecule has 0 saturated heterocycles. The van der Waals surface area contributed by atoms with Gasteiger partial charge in [-0.2, -0.15) is 0 Å². The fourth-order valence-electron chi connectivity index (χ4n) is 1.26. The molecule has 1 rings (SSSR count). The lowest BCUT2D eigenvalue weighted by Crippen LogP contribution is -2.19. The Hall–Kier alpha value is 0.230. The van der Waals surface area contributed by atoms with Crippen LogP contribution in [-0.2, 0) is 5.41 Å². The number of rotatable bonds is 1. The molecule has 0 aliphatic heterocycles. The summed E-state index contributed by atoms with van der Waals surface area (Å²) in [6.07, 6.45) is 0. The molecule has 0 fully saturated rings. The second-order valence-corrected chi connectivity index (χ2v) is 7.50. The van der Waals surface area contributed by atoms with E-state index >= 15 is 0 Å². The van der Waals surface area contributed by atoms with Crippen molar-refractivity contribution in [2.24, 2.45) is 0 Å². The zero-order valence-corrected chi connectivity index (χ0v) is 10.4. The Balaban J connectivity index is 3.20. The summed E-state index contributed by atoms with van der Waals surface area (Å²) in [4.78, 5) is 0. The van der Waals surface area contributed by atoms with Gasteiger partial charge in [0.15, 0.2) is 0 Å². The van der Waals surface area contributed by atoms with E-state index < -0.39 is 6.63 Å². The van der Waals surface area contributed by atoms with Crippen LogP contribution < -0.4 is 5.30 Å². The minimum absolute atomic E-state index is 0.112.